The van der Waals surface area contributed by atoms with Gasteiger partial charge in [-0.25, -0.2) is 0 Å². The van der Waals surface area contributed by atoms with Gasteiger partial charge in [-0.3, -0.25) is 4.68 Å². The van der Waals surface area contributed by atoms with Crippen LogP contribution >= 0.6 is 0 Å². The largest absolute Gasteiger partial charge is 0.384 e. The van der Waals surface area contributed by atoms with Crippen molar-refractivity contribution in [3.8, 4) is 11.4 Å². The Balaban J connectivity index is 2.03. The van der Waals surface area contributed by atoms with Crippen LogP contribution in [0.3, 0.4) is 0 Å². The lowest BCUT2D eigenvalue weighted by Gasteiger charge is -2.08. The van der Waals surface area contributed by atoms with Gasteiger partial charge in [0.05, 0.1) is 5.69 Å². The first-order valence-electron chi connectivity index (χ1n) is 5.74. The number of nitrogen functional groups attached to an aromatic ring is 1. The molecule has 0 amide bonds. The summed E-state index contributed by atoms with van der Waals surface area (Å²) >= 11 is 0. The monoisotopic (exact) mass is 216 g/mol. The average molecular weight is 216 g/mol. The highest BCUT2D eigenvalue weighted by Gasteiger charge is 2.15. The number of hydrogen-bond donors (Lipinski definition) is 2. The molecule has 0 saturated carbocycles. The molecule has 4 nitrogen and oxygen atoms in total. The van der Waals surface area contributed by atoms with Crippen LogP contribution in [-0.4, -0.2) is 14.8 Å². The van der Waals surface area contributed by atoms with Gasteiger partial charge < -0.3 is 10.7 Å². The Morgan fingerprint density at radius 2 is 2.12 bits per heavy atom. The van der Waals surface area contributed by atoms with Crippen LogP contribution in [0.1, 0.15) is 24.1 Å². The molecule has 1 aliphatic rings. The molecule has 0 aliphatic heterocycles. The van der Waals surface area contributed by atoms with Crippen molar-refractivity contribution in [2.24, 2.45) is 7.05 Å². The van der Waals surface area contributed by atoms with Gasteiger partial charge in [-0.15, -0.1) is 0 Å². The van der Waals surface area contributed by atoms with E-state index in [1.54, 1.807) is 4.68 Å². The first-order valence-corrected chi connectivity index (χ1v) is 5.74. The zero-order valence-electron chi connectivity index (χ0n) is 9.45. The topological polar surface area (TPSA) is 59.6 Å². The summed E-state index contributed by atoms with van der Waals surface area (Å²) in [5.74, 6) is 0.697. The molecule has 0 fully saturated rings. The maximum atomic E-state index is 5.79. The molecule has 1 aliphatic carbocycles. The summed E-state index contributed by atoms with van der Waals surface area (Å²) in [4.78, 5) is 3.46. The summed E-state index contributed by atoms with van der Waals surface area (Å²) in [5, 5.41) is 4.38. The highest BCUT2D eigenvalue weighted by Crippen LogP contribution is 2.27. The molecule has 0 aromatic carbocycles. The van der Waals surface area contributed by atoms with Gasteiger partial charge in [0.15, 0.2) is 0 Å². The van der Waals surface area contributed by atoms with Crippen LogP contribution in [0, 0.1) is 0 Å². The van der Waals surface area contributed by atoms with Crippen LogP contribution < -0.4 is 5.73 Å². The molecule has 3 rings (SSSR count). The standard InChI is InChI=1S/C12H16N4/c1-16-12(13)7-11(15-16)10-6-8-4-2-3-5-9(8)14-10/h6-7,14H,2-5,13H2,1H3. The number of H-pyrrole nitrogens is 1. The number of anilines is 1. The first kappa shape index (κ1) is 9.51. The molecule has 0 spiro atoms. The fourth-order valence-electron chi connectivity index (χ4n) is 2.35. The van der Waals surface area contributed by atoms with E-state index in [2.05, 4.69) is 16.1 Å². The van der Waals surface area contributed by atoms with Gasteiger partial charge in [-0.1, -0.05) is 0 Å². The second kappa shape index (κ2) is 3.40. The molecule has 16 heavy (non-hydrogen) atoms. The quantitative estimate of drug-likeness (QED) is 0.764. The fourth-order valence-corrected chi connectivity index (χ4v) is 2.35. The molecule has 0 atom stereocenters. The average Bonchev–Trinajstić information content (AvgIpc) is 2.83. The van der Waals surface area contributed by atoms with E-state index in [1.807, 2.05) is 13.1 Å². The van der Waals surface area contributed by atoms with Crippen molar-refractivity contribution in [3.05, 3.63) is 23.4 Å². The van der Waals surface area contributed by atoms with Crippen LogP contribution in [0.2, 0.25) is 0 Å². The summed E-state index contributed by atoms with van der Waals surface area (Å²) < 4.78 is 1.70. The van der Waals surface area contributed by atoms with Crippen LogP contribution in [0.25, 0.3) is 11.4 Å². The van der Waals surface area contributed by atoms with E-state index in [0.29, 0.717) is 5.82 Å². The Labute approximate surface area is 94.5 Å². The maximum absolute atomic E-state index is 5.79. The van der Waals surface area contributed by atoms with Crippen molar-refractivity contribution >= 4 is 5.82 Å². The Morgan fingerprint density at radius 1 is 1.31 bits per heavy atom. The van der Waals surface area contributed by atoms with E-state index >= 15 is 0 Å². The van der Waals surface area contributed by atoms with Gasteiger partial charge >= 0.3 is 0 Å². The third kappa shape index (κ3) is 1.41. The van der Waals surface area contributed by atoms with Crippen LogP contribution in [0.5, 0.6) is 0 Å². The summed E-state index contributed by atoms with van der Waals surface area (Å²) in [6.07, 6.45) is 4.94. The van der Waals surface area contributed by atoms with E-state index in [-0.39, 0.29) is 0 Å². The van der Waals surface area contributed by atoms with Gasteiger partial charge in [-0.2, -0.15) is 5.10 Å². The summed E-state index contributed by atoms with van der Waals surface area (Å²) in [7, 11) is 1.86. The predicted molar refractivity (Wildman–Crippen MR) is 64.0 cm³/mol. The molecule has 4 heteroatoms. The molecule has 0 radical (unpaired) electrons. The molecule has 2 heterocycles. The van der Waals surface area contributed by atoms with Gasteiger partial charge in [-0.05, 0) is 37.3 Å². The number of rotatable bonds is 1. The Bertz CT molecular complexity index is 478. The smallest absolute Gasteiger partial charge is 0.122 e. The molecule has 3 N–H and O–H groups in total. The molecule has 0 bridgehead atoms. The van der Waals surface area contributed by atoms with Crippen molar-refractivity contribution in [1.82, 2.24) is 14.8 Å². The van der Waals surface area contributed by atoms with Crippen molar-refractivity contribution in [1.29, 1.82) is 0 Å². The molecular formula is C12H16N4. The van der Waals surface area contributed by atoms with Crippen LogP contribution in [-0.2, 0) is 19.9 Å². The van der Waals surface area contributed by atoms with Gasteiger partial charge in [0, 0.05) is 18.8 Å². The SMILES string of the molecule is Cn1nc(-c2cc3c([nH]2)CCCC3)cc1N. The highest BCUT2D eigenvalue weighted by molar-refractivity contribution is 5.60. The fraction of sp³-hybridized carbons (Fsp3) is 0.417. The van der Waals surface area contributed by atoms with Crippen molar-refractivity contribution in [2.45, 2.75) is 25.7 Å². The third-order valence-corrected chi connectivity index (χ3v) is 3.31. The van der Waals surface area contributed by atoms with E-state index in [0.717, 1.165) is 17.8 Å². The lowest BCUT2D eigenvalue weighted by molar-refractivity contribution is 0.677. The number of aromatic amines is 1. The number of nitrogens with two attached hydrogens (primary N) is 1. The minimum atomic E-state index is 0.697. The van der Waals surface area contributed by atoms with Crippen molar-refractivity contribution in [3.63, 3.8) is 0 Å². The van der Waals surface area contributed by atoms with E-state index in [4.69, 9.17) is 5.73 Å². The predicted octanol–water partition coefficient (Wildman–Crippen LogP) is 1.88. The number of hydrogen-bond acceptors (Lipinski definition) is 2. The highest BCUT2D eigenvalue weighted by atomic mass is 15.3. The first-order chi connectivity index (χ1) is 7.74. The van der Waals surface area contributed by atoms with Crippen LogP contribution in [0.4, 0.5) is 5.82 Å². The van der Waals surface area contributed by atoms with Crippen LogP contribution in [0.15, 0.2) is 12.1 Å². The maximum Gasteiger partial charge on any atom is 0.122 e. The molecular weight excluding hydrogens is 200 g/mol. The Morgan fingerprint density at radius 3 is 2.81 bits per heavy atom. The van der Waals surface area contributed by atoms with Crippen molar-refractivity contribution < 1.29 is 0 Å². The zero-order chi connectivity index (χ0) is 11.1. The number of aryl methyl sites for hydroxylation is 3. The molecule has 2 aromatic rings. The zero-order valence-corrected chi connectivity index (χ0v) is 9.45. The minimum absolute atomic E-state index is 0.697. The number of nitrogens with zero attached hydrogens (tertiary/aromatic N) is 2. The lowest BCUT2D eigenvalue weighted by Crippen LogP contribution is -1.99. The van der Waals surface area contributed by atoms with Gasteiger partial charge in [0.1, 0.15) is 11.5 Å². The number of nitrogens with one attached hydrogen (secondary N) is 1. The molecule has 0 unspecified atom stereocenters. The Kier molecular flexibility index (Phi) is 2.02. The third-order valence-electron chi connectivity index (χ3n) is 3.31. The minimum Gasteiger partial charge on any atom is -0.384 e. The number of fused-ring (bicyclic) bond motifs is 1. The lowest BCUT2D eigenvalue weighted by atomic mass is 9.98. The molecule has 84 valence electrons. The summed E-state index contributed by atoms with van der Waals surface area (Å²) in [6, 6.07) is 4.13. The normalized spacial score (nSPS) is 15.1. The molecule has 0 saturated heterocycles. The van der Waals surface area contributed by atoms with E-state index in [9.17, 15) is 0 Å². The number of aromatic nitrogens is 3. The second-order valence-electron chi connectivity index (χ2n) is 4.47. The van der Waals surface area contributed by atoms with E-state index in [1.165, 1.54) is 30.5 Å². The van der Waals surface area contributed by atoms with Gasteiger partial charge in [0.25, 0.3) is 0 Å². The van der Waals surface area contributed by atoms with Gasteiger partial charge in [0.2, 0.25) is 0 Å². The second-order valence-corrected chi connectivity index (χ2v) is 4.47. The van der Waals surface area contributed by atoms with Crippen molar-refractivity contribution in [2.75, 3.05) is 5.73 Å². The summed E-state index contributed by atoms with van der Waals surface area (Å²) in [5.41, 5.74) is 10.7. The molecule has 2 aromatic heterocycles. The summed E-state index contributed by atoms with van der Waals surface area (Å²) in [6.45, 7) is 0. The van der Waals surface area contributed by atoms with E-state index < -0.39 is 0 Å². The Hall–Kier alpha value is -1.71.